The molecule has 0 heterocycles. The minimum absolute atomic E-state index is 0.0234. The Labute approximate surface area is 150 Å². The smallest absolute Gasteiger partial charge is 0.338 e. The number of hydrogen-bond acceptors (Lipinski definition) is 4. The molecule has 5 heteroatoms. The number of esters is 1. The number of unbranched alkanes of at least 4 members (excludes halogenated alkanes) is 6. The molecule has 0 amide bonds. The van der Waals surface area contributed by atoms with Gasteiger partial charge in [-0.15, -0.1) is 0 Å². The second-order valence-corrected chi connectivity index (χ2v) is 6.53. The van der Waals surface area contributed by atoms with Crippen molar-refractivity contribution in [1.82, 2.24) is 0 Å². The highest BCUT2D eigenvalue weighted by atomic mass is 16.6. The third-order valence-electron chi connectivity index (χ3n) is 4.33. The molecule has 0 aliphatic rings. The first kappa shape index (κ1) is 21.1. The van der Waals surface area contributed by atoms with Crippen LogP contribution in [0.4, 0.5) is 5.69 Å². The molecule has 0 N–H and O–H groups in total. The van der Waals surface area contributed by atoms with E-state index in [-0.39, 0.29) is 11.8 Å². The van der Waals surface area contributed by atoms with Crippen molar-refractivity contribution in [3.05, 3.63) is 39.9 Å². The van der Waals surface area contributed by atoms with Gasteiger partial charge in [0.05, 0.1) is 10.5 Å². The molecule has 25 heavy (non-hydrogen) atoms. The Bertz CT molecular complexity index is 513. The highest BCUT2D eigenvalue weighted by Crippen LogP contribution is 2.18. The number of hydrogen-bond donors (Lipinski definition) is 0. The Morgan fingerprint density at radius 2 is 1.56 bits per heavy atom. The third kappa shape index (κ3) is 8.66. The molecule has 1 atom stereocenters. The van der Waals surface area contributed by atoms with Crippen molar-refractivity contribution in [3.8, 4) is 0 Å². The average Bonchev–Trinajstić information content (AvgIpc) is 2.61. The van der Waals surface area contributed by atoms with Crippen molar-refractivity contribution in [3.63, 3.8) is 0 Å². The molecular weight excluding hydrogens is 318 g/mol. The molecule has 1 unspecified atom stereocenters. The SMILES string of the molecule is CCCCCCCCCC(CCC)OC(=O)c1ccc([N+](=O)[O-])cc1. The molecule has 0 radical (unpaired) electrons. The number of benzene rings is 1. The van der Waals surface area contributed by atoms with Crippen molar-refractivity contribution < 1.29 is 14.5 Å². The van der Waals surface area contributed by atoms with Crippen LogP contribution in [0.5, 0.6) is 0 Å². The highest BCUT2D eigenvalue weighted by Gasteiger charge is 2.16. The van der Waals surface area contributed by atoms with Gasteiger partial charge in [0, 0.05) is 12.1 Å². The average molecular weight is 349 g/mol. The number of nitro benzene ring substituents is 1. The van der Waals surface area contributed by atoms with Gasteiger partial charge in [-0.25, -0.2) is 4.79 Å². The van der Waals surface area contributed by atoms with Crippen LogP contribution in [0.2, 0.25) is 0 Å². The quantitative estimate of drug-likeness (QED) is 0.188. The fraction of sp³-hybridized carbons (Fsp3) is 0.650. The van der Waals surface area contributed by atoms with Crippen LogP contribution >= 0.6 is 0 Å². The van der Waals surface area contributed by atoms with Gasteiger partial charge in [-0.2, -0.15) is 0 Å². The summed E-state index contributed by atoms with van der Waals surface area (Å²) in [6.45, 7) is 4.30. The molecule has 1 aromatic rings. The van der Waals surface area contributed by atoms with E-state index in [9.17, 15) is 14.9 Å². The zero-order chi connectivity index (χ0) is 18.5. The third-order valence-corrected chi connectivity index (χ3v) is 4.33. The Morgan fingerprint density at radius 1 is 0.960 bits per heavy atom. The van der Waals surface area contributed by atoms with Gasteiger partial charge in [0.25, 0.3) is 5.69 Å². The van der Waals surface area contributed by atoms with E-state index in [2.05, 4.69) is 13.8 Å². The van der Waals surface area contributed by atoms with Crippen LogP contribution in [0, 0.1) is 10.1 Å². The summed E-state index contributed by atoms with van der Waals surface area (Å²) in [7, 11) is 0. The van der Waals surface area contributed by atoms with E-state index in [1.165, 1.54) is 62.8 Å². The molecule has 0 saturated heterocycles. The standard InChI is InChI=1S/C20H31NO4/c1-3-5-6-7-8-9-10-12-19(11-4-2)25-20(22)17-13-15-18(16-14-17)21(23)24/h13-16,19H,3-12H2,1-2H3. The second-order valence-electron chi connectivity index (χ2n) is 6.53. The van der Waals surface area contributed by atoms with Crippen LogP contribution < -0.4 is 0 Å². The summed E-state index contributed by atoms with van der Waals surface area (Å²) < 4.78 is 5.61. The molecule has 5 nitrogen and oxygen atoms in total. The number of ether oxygens (including phenoxy) is 1. The topological polar surface area (TPSA) is 69.4 Å². The minimum Gasteiger partial charge on any atom is -0.459 e. The van der Waals surface area contributed by atoms with Crippen LogP contribution in [-0.4, -0.2) is 17.0 Å². The maximum absolute atomic E-state index is 12.2. The Kier molecular flexibility index (Phi) is 10.5. The number of non-ortho nitro benzene ring substituents is 1. The number of nitro groups is 1. The number of carbonyl (C=O) groups is 1. The summed E-state index contributed by atoms with van der Waals surface area (Å²) in [6, 6.07) is 5.58. The van der Waals surface area contributed by atoms with E-state index in [4.69, 9.17) is 4.74 Å². The summed E-state index contributed by atoms with van der Waals surface area (Å²) >= 11 is 0. The number of carbonyl (C=O) groups excluding carboxylic acids is 1. The molecule has 0 aliphatic heterocycles. The molecular formula is C20H31NO4. The van der Waals surface area contributed by atoms with E-state index in [1.54, 1.807) is 0 Å². The number of rotatable bonds is 13. The van der Waals surface area contributed by atoms with E-state index in [0.29, 0.717) is 5.56 Å². The van der Waals surface area contributed by atoms with Crippen molar-refractivity contribution in [2.75, 3.05) is 0 Å². The molecule has 0 saturated carbocycles. The van der Waals surface area contributed by atoms with Crippen molar-refractivity contribution in [2.24, 2.45) is 0 Å². The Balaban J connectivity index is 2.39. The summed E-state index contributed by atoms with van der Waals surface area (Å²) in [4.78, 5) is 22.4. The predicted octanol–water partition coefficient (Wildman–Crippen LogP) is 6.06. The lowest BCUT2D eigenvalue weighted by Crippen LogP contribution is -2.18. The van der Waals surface area contributed by atoms with Crippen molar-refractivity contribution in [2.45, 2.75) is 84.2 Å². The molecule has 1 aromatic carbocycles. The first-order valence-electron chi connectivity index (χ1n) is 9.53. The predicted molar refractivity (Wildman–Crippen MR) is 99.8 cm³/mol. The summed E-state index contributed by atoms with van der Waals surface area (Å²) in [5, 5.41) is 10.7. The first-order chi connectivity index (χ1) is 12.1. The van der Waals surface area contributed by atoms with Crippen LogP contribution in [0.15, 0.2) is 24.3 Å². The molecule has 0 bridgehead atoms. The monoisotopic (exact) mass is 349 g/mol. The molecule has 0 fully saturated rings. The molecule has 1 rings (SSSR count). The summed E-state index contributed by atoms with van der Waals surface area (Å²) in [5.74, 6) is -0.392. The van der Waals surface area contributed by atoms with Crippen molar-refractivity contribution >= 4 is 11.7 Å². The van der Waals surface area contributed by atoms with Gasteiger partial charge in [-0.1, -0.05) is 58.8 Å². The lowest BCUT2D eigenvalue weighted by Gasteiger charge is -2.17. The minimum atomic E-state index is -0.477. The van der Waals surface area contributed by atoms with Gasteiger partial charge in [0.2, 0.25) is 0 Å². The summed E-state index contributed by atoms with van der Waals surface area (Å²) in [5.41, 5.74) is 0.344. The molecule has 0 aromatic heterocycles. The van der Waals surface area contributed by atoms with Gasteiger partial charge in [-0.05, 0) is 31.4 Å². The Hall–Kier alpha value is -1.91. The second kappa shape index (κ2) is 12.5. The van der Waals surface area contributed by atoms with E-state index in [0.717, 1.165) is 25.7 Å². The highest BCUT2D eigenvalue weighted by molar-refractivity contribution is 5.89. The lowest BCUT2D eigenvalue weighted by atomic mass is 10.0. The van der Waals surface area contributed by atoms with Gasteiger partial charge < -0.3 is 4.74 Å². The van der Waals surface area contributed by atoms with Crippen LogP contribution in [-0.2, 0) is 4.74 Å². The van der Waals surface area contributed by atoms with Crippen LogP contribution in [0.25, 0.3) is 0 Å². The van der Waals surface area contributed by atoms with Gasteiger partial charge >= 0.3 is 5.97 Å². The zero-order valence-electron chi connectivity index (χ0n) is 15.5. The fourth-order valence-electron chi connectivity index (χ4n) is 2.85. The largest absolute Gasteiger partial charge is 0.459 e. The van der Waals surface area contributed by atoms with Gasteiger partial charge in [-0.3, -0.25) is 10.1 Å². The van der Waals surface area contributed by atoms with Gasteiger partial charge in [0.15, 0.2) is 0 Å². The summed E-state index contributed by atoms with van der Waals surface area (Å²) in [6.07, 6.45) is 11.3. The fourth-order valence-corrected chi connectivity index (χ4v) is 2.85. The molecule has 140 valence electrons. The van der Waals surface area contributed by atoms with Crippen molar-refractivity contribution in [1.29, 1.82) is 0 Å². The van der Waals surface area contributed by atoms with Gasteiger partial charge in [0.1, 0.15) is 6.10 Å². The maximum Gasteiger partial charge on any atom is 0.338 e. The van der Waals surface area contributed by atoms with E-state index >= 15 is 0 Å². The Morgan fingerprint density at radius 3 is 2.12 bits per heavy atom. The normalized spacial score (nSPS) is 11.9. The number of nitrogens with zero attached hydrogens (tertiary/aromatic N) is 1. The molecule has 0 aliphatic carbocycles. The molecule has 0 spiro atoms. The van der Waals surface area contributed by atoms with Crippen LogP contribution in [0.1, 0.15) is 88.4 Å². The van der Waals surface area contributed by atoms with E-state index in [1.807, 2.05) is 0 Å². The zero-order valence-corrected chi connectivity index (χ0v) is 15.5. The van der Waals surface area contributed by atoms with E-state index < -0.39 is 10.9 Å². The first-order valence-corrected chi connectivity index (χ1v) is 9.53. The van der Waals surface area contributed by atoms with Crippen LogP contribution in [0.3, 0.4) is 0 Å². The maximum atomic E-state index is 12.2. The lowest BCUT2D eigenvalue weighted by molar-refractivity contribution is -0.384.